The van der Waals surface area contributed by atoms with Crippen molar-refractivity contribution in [1.82, 2.24) is 4.90 Å². The van der Waals surface area contributed by atoms with Gasteiger partial charge in [0.1, 0.15) is 0 Å². The predicted octanol–water partition coefficient (Wildman–Crippen LogP) is 2.52. The second kappa shape index (κ2) is 5.92. The topological polar surface area (TPSA) is 32.8 Å². The summed E-state index contributed by atoms with van der Waals surface area (Å²) in [6.45, 7) is 4.52. The molecule has 1 aromatic carbocycles. The van der Waals surface area contributed by atoms with Crippen LogP contribution in [0.1, 0.15) is 42.9 Å². The normalized spacial score (nSPS) is 25.5. The van der Waals surface area contributed by atoms with Crippen molar-refractivity contribution in [3.63, 3.8) is 0 Å². The Morgan fingerprint density at radius 2 is 1.91 bits per heavy atom. The molecule has 0 aromatic heterocycles. The SMILES string of the molecule is O=C1CCCCN1C1CCc2c1cccc2N1CCOCC1. The first kappa shape index (κ1) is 14.1. The fourth-order valence-corrected chi connectivity index (χ4v) is 4.19. The van der Waals surface area contributed by atoms with Gasteiger partial charge >= 0.3 is 0 Å². The van der Waals surface area contributed by atoms with E-state index in [1.54, 1.807) is 0 Å². The van der Waals surface area contributed by atoms with Crippen molar-refractivity contribution in [3.05, 3.63) is 29.3 Å². The Kier molecular flexibility index (Phi) is 3.78. The van der Waals surface area contributed by atoms with Gasteiger partial charge in [0.2, 0.25) is 5.91 Å². The Morgan fingerprint density at radius 1 is 1.05 bits per heavy atom. The van der Waals surface area contributed by atoms with Gasteiger partial charge in [0, 0.05) is 31.7 Å². The smallest absolute Gasteiger partial charge is 0.223 e. The Balaban J connectivity index is 1.63. The van der Waals surface area contributed by atoms with Crippen LogP contribution >= 0.6 is 0 Å². The number of ether oxygens (including phenoxy) is 1. The molecule has 4 nitrogen and oxygen atoms in total. The summed E-state index contributed by atoms with van der Waals surface area (Å²) in [5.41, 5.74) is 4.22. The van der Waals surface area contributed by atoms with Crippen LogP contribution in [0.3, 0.4) is 0 Å². The largest absolute Gasteiger partial charge is 0.378 e. The number of rotatable bonds is 2. The molecule has 1 atom stereocenters. The summed E-state index contributed by atoms with van der Waals surface area (Å²) in [5, 5.41) is 0. The number of hydrogen-bond acceptors (Lipinski definition) is 3. The van der Waals surface area contributed by atoms with Gasteiger partial charge < -0.3 is 14.5 Å². The second-order valence-electron chi connectivity index (χ2n) is 6.54. The average Bonchev–Trinajstić information content (AvgIpc) is 3.00. The number of morpholine rings is 1. The summed E-state index contributed by atoms with van der Waals surface area (Å²) in [6.07, 6.45) is 5.12. The van der Waals surface area contributed by atoms with E-state index in [1.807, 2.05) is 0 Å². The number of fused-ring (bicyclic) bond motifs is 1. The fourth-order valence-electron chi connectivity index (χ4n) is 4.19. The molecule has 1 unspecified atom stereocenters. The number of piperidine rings is 1. The predicted molar refractivity (Wildman–Crippen MR) is 86.1 cm³/mol. The summed E-state index contributed by atoms with van der Waals surface area (Å²) in [5.74, 6) is 0.348. The van der Waals surface area contributed by atoms with E-state index in [-0.39, 0.29) is 0 Å². The molecule has 1 aromatic rings. The molecule has 2 aliphatic heterocycles. The maximum absolute atomic E-state index is 12.3. The number of hydrogen-bond donors (Lipinski definition) is 0. The van der Waals surface area contributed by atoms with E-state index < -0.39 is 0 Å². The first-order valence-electron chi connectivity index (χ1n) is 8.58. The highest BCUT2D eigenvalue weighted by Crippen LogP contribution is 2.41. The third-order valence-corrected chi connectivity index (χ3v) is 5.30. The summed E-state index contributed by atoms with van der Waals surface area (Å²) in [4.78, 5) is 16.9. The highest BCUT2D eigenvalue weighted by Gasteiger charge is 2.34. The lowest BCUT2D eigenvalue weighted by atomic mass is 10.0. The van der Waals surface area contributed by atoms with Crippen molar-refractivity contribution in [2.45, 2.75) is 38.1 Å². The average molecular weight is 300 g/mol. The number of anilines is 1. The molecule has 3 aliphatic rings. The molecule has 0 N–H and O–H groups in total. The molecule has 1 aliphatic carbocycles. The minimum atomic E-state index is 0.309. The summed E-state index contributed by atoms with van der Waals surface area (Å²) in [7, 11) is 0. The van der Waals surface area contributed by atoms with Crippen LogP contribution in [0.2, 0.25) is 0 Å². The van der Waals surface area contributed by atoms with Gasteiger partial charge in [-0.2, -0.15) is 0 Å². The third kappa shape index (κ3) is 2.39. The molecule has 0 spiro atoms. The van der Waals surface area contributed by atoms with Crippen LogP contribution in [0.25, 0.3) is 0 Å². The zero-order valence-corrected chi connectivity index (χ0v) is 13.1. The van der Waals surface area contributed by atoms with Gasteiger partial charge in [-0.1, -0.05) is 12.1 Å². The molecular weight excluding hydrogens is 276 g/mol. The molecule has 4 heteroatoms. The fraction of sp³-hybridized carbons (Fsp3) is 0.611. The number of carbonyl (C=O) groups excluding carboxylic acids is 1. The van der Waals surface area contributed by atoms with Gasteiger partial charge in [-0.15, -0.1) is 0 Å². The van der Waals surface area contributed by atoms with Crippen LogP contribution in [0.5, 0.6) is 0 Å². The molecule has 4 rings (SSSR count). The van der Waals surface area contributed by atoms with Crippen LogP contribution in [0, 0.1) is 0 Å². The Bertz CT molecular complexity index is 566. The zero-order chi connectivity index (χ0) is 14.9. The van der Waals surface area contributed by atoms with E-state index in [1.165, 1.54) is 16.8 Å². The highest BCUT2D eigenvalue weighted by molar-refractivity contribution is 5.78. The van der Waals surface area contributed by atoms with Gasteiger partial charge in [0.25, 0.3) is 0 Å². The van der Waals surface area contributed by atoms with E-state index in [4.69, 9.17) is 4.74 Å². The number of benzene rings is 1. The van der Waals surface area contributed by atoms with Crippen molar-refractivity contribution < 1.29 is 9.53 Å². The zero-order valence-electron chi connectivity index (χ0n) is 13.1. The summed E-state index contributed by atoms with van der Waals surface area (Å²) < 4.78 is 5.48. The third-order valence-electron chi connectivity index (χ3n) is 5.30. The molecule has 0 saturated carbocycles. The molecule has 1 amide bonds. The van der Waals surface area contributed by atoms with Crippen LogP contribution in [-0.4, -0.2) is 43.7 Å². The second-order valence-corrected chi connectivity index (χ2v) is 6.54. The van der Waals surface area contributed by atoms with Crippen molar-refractivity contribution in [1.29, 1.82) is 0 Å². The van der Waals surface area contributed by atoms with Crippen LogP contribution in [0.15, 0.2) is 18.2 Å². The lowest BCUT2D eigenvalue weighted by Gasteiger charge is -2.34. The molecule has 0 bridgehead atoms. The Hall–Kier alpha value is -1.55. The quantitative estimate of drug-likeness (QED) is 0.841. The lowest BCUT2D eigenvalue weighted by molar-refractivity contribution is -0.135. The molecular formula is C18H24N2O2. The van der Waals surface area contributed by atoms with Gasteiger partial charge in [0.05, 0.1) is 19.3 Å². The molecule has 2 heterocycles. The van der Waals surface area contributed by atoms with E-state index in [2.05, 4.69) is 28.0 Å². The lowest BCUT2D eigenvalue weighted by Crippen LogP contribution is -2.38. The van der Waals surface area contributed by atoms with E-state index in [0.717, 1.165) is 65.0 Å². The minimum Gasteiger partial charge on any atom is -0.378 e. The highest BCUT2D eigenvalue weighted by atomic mass is 16.5. The van der Waals surface area contributed by atoms with Gasteiger partial charge in [-0.05, 0) is 42.9 Å². The van der Waals surface area contributed by atoms with Crippen molar-refractivity contribution in [3.8, 4) is 0 Å². The maximum atomic E-state index is 12.3. The van der Waals surface area contributed by atoms with E-state index in [9.17, 15) is 4.79 Å². The molecule has 2 fully saturated rings. The van der Waals surface area contributed by atoms with E-state index in [0.29, 0.717) is 11.9 Å². The van der Waals surface area contributed by atoms with Crippen molar-refractivity contribution in [2.24, 2.45) is 0 Å². The number of amides is 1. The van der Waals surface area contributed by atoms with Crippen molar-refractivity contribution in [2.75, 3.05) is 37.7 Å². The van der Waals surface area contributed by atoms with Crippen LogP contribution in [-0.2, 0) is 16.0 Å². The standard InChI is InChI=1S/C18H24N2O2/c21-18-6-1-2-9-20(18)17-8-7-15-14(17)4-3-5-16(15)19-10-12-22-13-11-19/h3-5,17H,1-2,6-13H2. The molecule has 2 saturated heterocycles. The number of carbonyl (C=O) groups is 1. The monoisotopic (exact) mass is 300 g/mol. The number of likely N-dealkylation sites (tertiary alicyclic amines) is 1. The van der Waals surface area contributed by atoms with Crippen molar-refractivity contribution >= 4 is 11.6 Å². The van der Waals surface area contributed by atoms with Gasteiger partial charge in [-0.25, -0.2) is 0 Å². The van der Waals surface area contributed by atoms with Gasteiger partial charge in [0.15, 0.2) is 0 Å². The maximum Gasteiger partial charge on any atom is 0.223 e. The van der Waals surface area contributed by atoms with Gasteiger partial charge in [-0.3, -0.25) is 4.79 Å². The summed E-state index contributed by atoms with van der Waals surface area (Å²) >= 11 is 0. The van der Waals surface area contributed by atoms with E-state index >= 15 is 0 Å². The number of nitrogens with zero attached hydrogens (tertiary/aromatic N) is 2. The minimum absolute atomic E-state index is 0.309. The molecule has 118 valence electrons. The first-order valence-corrected chi connectivity index (χ1v) is 8.58. The van der Waals surface area contributed by atoms with Crippen LogP contribution in [0.4, 0.5) is 5.69 Å². The Labute approximate surface area is 132 Å². The Morgan fingerprint density at radius 3 is 2.73 bits per heavy atom. The summed E-state index contributed by atoms with van der Waals surface area (Å²) in [6, 6.07) is 6.95. The first-order chi connectivity index (χ1) is 10.8. The molecule has 22 heavy (non-hydrogen) atoms. The van der Waals surface area contributed by atoms with Crippen LogP contribution < -0.4 is 4.90 Å². The molecule has 0 radical (unpaired) electrons.